The molecule has 1 rings (SSSR count). The first-order chi connectivity index (χ1) is 6.56. The lowest BCUT2D eigenvalue weighted by atomic mass is 10.1. The molecule has 0 fully saturated rings. The van der Waals surface area contributed by atoms with Crippen LogP contribution in [-0.2, 0) is 0 Å². The number of carbonyl (C=O) groups excluding carboxylic acids is 1. The summed E-state index contributed by atoms with van der Waals surface area (Å²) in [5.41, 5.74) is 0.230. The van der Waals surface area contributed by atoms with Gasteiger partial charge < -0.3 is 0 Å². The Morgan fingerprint density at radius 1 is 1.50 bits per heavy atom. The van der Waals surface area contributed by atoms with Crippen LogP contribution >= 0.6 is 31.9 Å². The van der Waals surface area contributed by atoms with Crippen LogP contribution in [0.5, 0.6) is 0 Å². The Morgan fingerprint density at radius 2 is 2.14 bits per heavy atom. The Labute approximate surface area is 96.7 Å². The molecule has 0 radical (unpaired) electrons. The van der Waals surface area contributed by atoms with E-state index in [4.69, 9.17) is 0 Å². The first-order valence-corrected chi connectivity index (χ1v) is 5.51. The van der Waals surface area contributed by atoms with E-state index in [1.807, 2.05) is 0 Å². The van der Waals surface area contributed by atoms with Crippen LogP contribution in [-0.4, -0.2) is 16.0 Å². The highest BCUT2D eigenvalue weighted by molar-refractivity contribution is 9.10. The van der Waals surface area contributed by atoms with Gasteiger partial charge in [-0.1, -0.05) is 31.9 Å². The summed E-state index contributed by atoms with van der Waals surface area (Å²) in [4.78, 5) is 21.2. The van der Waals surface area contributed by atoms with Crippen molar-refractivity contribution in [3.05, 3.63) is 38.3 Å². The van der Waals surface area contributed by atoms with Crippen molar-refractivity contribution in [2.75, 3.05) is 5.33 Å². The van der Waals surface area contributed by atoms with E-state index >= 15 is 0 Å². The number of alkyl halides is 1. The molecule has 4 nitrogen and oxygen atoms in total. The van der Waals surface area contributed by atoms with E-state index in [2.05, 4.69) is 31.9 Å². The summed E-state index contributed by atoms with van der Waals surface area (Å²) in [6, 6.07) is 4.09. The Kier molecular flexibility index (Phi) is 3.77. The zero-order chi connectivity index (χ0) is 10.7. The molecule has 0 saturated heterocycles. The van der Waals surface area contributed by atoms with Gasteiger partial charge in [0.2, 0.25) is 0 Å². The van der Waals surface area contributed by atoms with E-state index in [-0.39, 0.29) is 16.8 Å². The van der Waals surface area contributed by atoms with E-state index in [0.717, 1.165) is 0 Å². The summed E-state index contributed by atoms with van der Waals surface area (Å²) in [7, 11) is 0. The quantitative estimate of drug-likeness (QED) is 0.372. The van der Waals surface area contributed by atoms with Crippen molar-refractivity contribution in [3.63, 3.8) is 0 Å². The number of rotatable bonds is 3. The van der Waals surface area contributed by atoms with Gasteiger partial charge in [-0.2, -0.15) is 0 Å². The highest BCUT2D eigenvalue weighted by Gasteiger charge is 2.14. The van der Waals surface area contributed by atoms with Gasteiger partial charge in [0.25, 0.3) is 5.69 Å². The summed E-state index contributed by atoms with van der Waals surface area (Å²) in [5, 5.41) is 10.6. The van der Waals surface area contributed by atoms with Crippen LogP contribution in [0.15, 0.2) is 22.7 Å². The fourth-order valence-electron chi connectivity index (χ4n) is 0.912. The van der Waals surface area contributed by atoms with Crippen LogP contribution in [0.2, 0.25) is 0 Å². The second-order valence-electron chi connectivity index (χ2n) is 2.48. The Bertz CT molecular complexity index is 392. The van der Waals surface area contributed by atoms with Gasteiger partial charge in [-0.05, 0) is 6.07 Å². The molecule has 0 aliphatic heterocycles. The average molecular weight is 323 g/mol. The first kappa shape index (κ1) is 11.3. The van der Waals surface area contributed by atoms with E-state index in [0.29, 0.717) is 10.0 Å². The van der Waals surface area contributed by atoms with Crippen LogP contribution in [0.3, 0.4) is 0 Å². The van der Waals surface area contributed by atoms with Crippen LogP contribution in [0.1, 0.15) is 10.4 Å². The molecule has 0 spiro atoms. The molecule has 0 heterocycles. The number of nitro groups is 1. The van der Waals surface area contributed by atoms with Crippen LogP contribution in [0.4, 0.5) is 5.69 Å². The molecule has 6 heteroatoms. The predicted molar refractivity (Wildman–Crippen MR) is 58.9 cm³/mol. The highest BCUT2D eigenvalue weighted by atomic mass is 79.9. The maximum Gasteiger partial charge on any atom is 0.270 e. The smallest absolute Gasteiger partial charge is 0.270 e. The molecule has 0 amide bonds. The molecule has 0 N–H and O–H groups in total. The molecule has 0 bridgehead atoms. The van der Waals surface area contributed by atoms with Crippen molar-refractivity contribution in [2.45, 2.75) is 0 Å². The normalized spacial score (nSPS) is 9.86. The fourth-order valence-corrected chi connectivity index (χ4v) is 1.68. The summed E-state index contributed by atoms with van der Waals surface area (Å²) >= 11 is 6.16. The third-order valence-electron chi connectivity index (χ3n) is 1.58. The SMILES string of the molecule is O=C(CBr)c1cc([N+](=O)[O-])ccc1Br. The first-order valence-electron chi connectivity index (χ1n) is 3.59. The molecule has 74 valence electrons. The topological polar surface area (TPSA) is 60.2 Å². The number of non-ortho nitro benzene ring substituents is 1. The number of carbonyl (C=O) groups is 1. The van der Waals surface area contributed by atoms with Gasteiger partial charge in [-0.3, -0.25) is 14.9 Å². The van der Waals surface area contributed by atoms with Gasteiger partial charge in [-0.15, -0.1) is 0 Å². The molecule has 0 aliphatic carbocycles. The minimum Gasteiger partial charge on any atom is -0.293 e. The number of hydrogen-bond donors (Lipinski definition) is 0. The van der Waals surface area contributed by atoms with Gasteiger partial charge >= 0.3 is 0 Å². The minimum atomic E-state index is -0.530. The van der Waals surface area contributed by atoms with Crippen molar-refractivity contribution >= 4 is 43.3 Å². The third kappa shape index (κ3) is 2.39. The number of benzene rings is 1. The second-order valence-corrected chi connectivity index (χ2v) is 3.89. The maximum atomic E-state index is 11.3. The zero-order valence-electron chi connectivity index (χ0n) is 6.87. The lowest BCUT2D eigenvalue weighted by molar-refractivity contribution is -0.384. The highest BCUT2D eigenvalue weighted by Crippen LogP contribution is 2.23. The molecule has 0 saturated carbocycles. The summed E-state index contributed by atoms with van der Waals surface area (Å²) in [6.07, 6.45) is 0. The van der Waals surface area contributed by atoms with Crippen molar-refractivity contribution in [1.82, 2.24) is 0 Å². The van der Waals surface area contributed by atoms with E-state index in [1.165, 1.54) is 18.2 Å². The van der Waals surface area contributed by atoms with E-state index < -0.39 is 4.92 Å². The molecule has 0 aliphatic rings. The van der Waals surface area contributed by atoms with Gasteiger partial charge in [0.15, 0.2) is 5.78 Å². The Morgan fingerprint density at radius 3 is 2.64 bits per heavy atom. The predicted octanol–water partition coefficient (Wildman–Crippen LogP) is 2.93. The van der Waals surface area contributed by atoms with E-state index in [1.54, 1.807) is 0 Å². The molecular weight excluding hydrogens is 318 g/mol. The van der Waals surface area contributed by atoms with Crippen molar-refractivity contribution < 1.29 is 9.72 Å². The molecule has 14 heavy (non-hydrogen) atoms. The summed E-state index contributed by atoms with van der Waals surface area (Å²) < 4.78 is 0.563. The second kappa shape index (κ2) is 4.65. The Balaban J connectivity index is 3.21. The van der Waals surface area contributed by atoms with Crippen molar-refractivity contribution in [3.8, 4) is 0 Å². The van der Waals surface area contributed by atoms with Crippen molar-refractivity contribution in [1.29, 1.82) is 0 Å². The van der Waals surface area contributed by atoms with E-state index in [9.17, 15) is 14.9 Å². The standard InChI is InChI=1S/C8H5Br2NO3/c9-4-8(12)6-3-5(11(13)14)1-2-7(6)10/h1-3H,4H2. The average Bonchev–Trinajstić information content (AvgIpc) is 2.17. The van der Waals surface area contributed by atoms with Crippen LogP contribution < -0.4 is 0 Å². The molecular formula is C8H5Br2NO3. The van der Waals surface area contributed by atoms with Crippen molar-refractivity contribution in [2.24, 2.45) is 0 Å². The molecule has 0 atom stereocenters. The van der Waals surface area contributed by atoms with Gasteiger partial charge in [0.05, 0.1) is 10.3 Å². The van der Waals surface area contributed by atoms with Crippen LogP contribution in [0.25, 0.3) is 0 Å². The summed E-state index contributed by atoms with van der Waals surface area (Å²) in [6.45, 7) is 0. The molecule has 1 aromatic rings. The largest absolute Gasteiger partial charge is 0.293 e. The molecule has 0 unspecified atom stereocenters. The summed E-state index contributed by atoms with van der Waals surface area (Å²) in [5.74, 6) is -0.194. The number of Topliss-reactive ketones (excluding diaryl/α,β-unsaturated/α-hetero) is 1. The molecule has 0 aromatic heterocycles. The number of nitrogens with zero attached hydrogens (tertiary/aromatic N) is 1. The zero-order valence-corrected chi connectivity index (χ0v) is 10.0. The maximum absolute atomic E-state index is 11.3. The van der Waals surface area contributed by atoms with Gasteiger partial charge in [0, 0.05) is 22.2 Å². The lowest BCUT2D eigenvalue weighted by Gasteiger charge is -2.00. The van der Waals surface area contributed by atoms with Gasteiger partial charge in [-0.25, -0.2) is 0 Å². The minimum absolute atomic E-state index is 0.0856. The van der Waals surface area contributed by atoms with Crippen LogP contribution in [0, 0.1) is 10.1 Å². The number of hydrogen-bond acceptors (Lipinski definition) is 3. The van der Waals surface area contributed by atoms with Gasteiger partial charge in [0.1, 0.15) is 0 Å². The Hall–Kier alpha value is -0.750. The fraction of sp³-hybridized carbons (Fsp3) is 0.125. The molecule has 1 aromatic carbocycles. The number of ketones is 1. The monoisotopic (exact) mass is 321 g/mol. The third-order valence-corrected chi connectivity index (χ3v) is 2.78. The number of nitro benzene ring substituents is 1. The number of halogens is 2. The lowest BCUT2D eigenvalue weighted by Crippen LogP contribution is -2.02.